The zero-order valence-corrected chi connectivity index (χ0v) is 18.1. The normalized spacial score (nSPS) is 22.4. The van der Waals surface area contributed by atoms with E-state index in [9.17, 15) is 9.59 Å². The van der Waals surface area contributed by atoms with Gasteiger partial charge < -0.3 is 10.2 Å². The fourth-order valence-electron chi connectivity index (χ4n) is 5.12. The Labute approximate surface area is 183 Å². The summed E-state index contributed by atoms with van der Waals surface area (Å²) in [6.45, 7) is 6.43. The highest BCUT2D eigenvalue weighted by Crippen LogP contribution is 2.45. The number of pyridine rings is 1. The number of nitrogens with one attached hydrogen (secondary N) is 1. The molecule has 3 fully saturated rings. The number of rotatable bonds is 6. The van der Waals surface area contributed by atoms with Gasteiger partial charge in [0.15, 0.2) is 0 Å². The van der Waals surface area contributed by atoms with Crippen LogP contribution in [0, 0.1) is 24.2 Å². The van der Waals surface area contributed by atoms with Gasteiger partial charge in [-0.25, -0.2) is 0 Å². The van der Waals surface area contributed by atoms with Gasteiger partial charge in [0.05, 0.1) is 11.5 Å². The Morgan fingerprint density at radius 3 is 2.61 bits per heavy atom. The van der Waals surface area contributed by atoms with E-state index < -0.39 is 0 Å². The van der Waals surface area contributed by atoms with Crippen LogP contribution < -0.4 is 5.32 Å². The summed E-state index contributed by atoms with van der Waals surface area (Å²) < 4.78 is 0. The molecule has 5 rings (SSSR count). The maximum atomic E-state index is 13.1. The number of aromatic nitrogens is 1. The van der Waals surface area contributed by atoms with E-state index in [1.807, 2.05) is 24.0 Å². The van der Waals surface area contributed by atoms with Crippen molar-refractivity contribution in [1.82, 2.24) is 20.1 Å². The first-order valence-electron chi connectivity index (χ1n) is 11.3. The van der Waals surface area contributed by atoms with Gasteiger partial charge in [-0.15, -0.1) is 0 Å². The fourth-order valence-corrected chi connectivity index (χ4v) is 5.12. The number of carbonyl (C=O) groups excluding carboxylic acids is 2. The fraction of sp³-hybridized carbons (Fsp3) is 0.480. The maximum Gasteiger partial charge on any atom is 0.255 e. The van der Waals surface area contributed by atoms with Gasteiger partial charge in [0.2, 0.25) is 5.91 Å². The van der Waals surface area contributed by atoms with Crippen molar-refractivity contribution in [2.45, 2.75) is 26.3 Å². The average Bonchev–Trinajstić information content (AvgIpc) is 3.50. The maximum absolute atomic E-state index is 13.1. The SMILES string of the molecule is Cc1cncc(C(=O)N2CC3(CN(Cc4ccccc4)CC3C(=O)NCC3CC3)C2)c1. The third-order valence-corrected chi connectivity index (χ3v) is 6.97. The van der Waals surface area contributed by atoms with Gasteiger partial charge in [-0.3, -0.25) is 19.5 Å². The number of likely N-dealkylation sites (tertiary alicyclic amines) is 2. The lowest BCUT2D eigenvalue weighted by atomic mass is 9.71. The molecule has 1 N–H and O–H groups in total. The largest absolute Gasteiger partial charge is 0.356 e. The Kier molecular flexibility index (Phi) is 5.26. The molecule has 1 atom stereocenters. The first kappa shape index (κ1) is 20.2. The van der Waals surface area contributed by atoms with Crippen molar-refractivity contribution in [2.24, 2.45) is 17.3 Å². The second kappa shape index (κ2) is 8.08. The highest BCUT2D eigenvalue weighted by atomic mass is 16.2. The van der Waals surface area contributed by atoms with Gasteiger partial charge in [-0.05, 0) is 42.9 Å². The molecule has 0 bridgehead atoms. The molecule has 2 aliphatic heterocycles. The van der Waals surface area contributed by atoms with Crippen molar-refractivity contribution in [3.05, 3.63) is 65.5 Å². The standard InChI is InChI=1S/C25H30N4O2/c1-18-9-21(12-26-10-18)24(31)29-16-25(17-29)15-28(13-20-5-3-2-4-6-20)14-22(25)23(30)27-11-19-7-8-19/h2-6,9-10,12,19,22H,7-8,11,13-17H2,1H3,(H,27,30). The Balaban J connectivity index is 1.29. The van der Waals surface area contributed by atoms with Crippen LogP contribution in [-0.4, -0.2) is 59.3 Å². The number of hydrogen-bond donors (Lipinski definition) is 1. The first-order chi connectivity index (χ1) is 15.0. The molecule has 6 nitrogen and oxygen atoms in total. The zero-order chi connectivity index (χ0) is 21.4. The van der Waals surface area contributed by atoms with E-state index in [0.29, 0.717) is 24.6 Å². The van der Waals surface area contributed by atoms with E-state index in [1.165, 1.54) is 18.4 Å². The third kappa shape index (κ3) is 4.22. The molecule has 2 aromatic rings. The summed E-state index contributed by atoms with van der Waals surface area (Å²) in [6.07, 6.45) is 5.84. The molecule has 1 aromatic carbocycles. The van der Waals surface area contributed by atoms with Gasteiger partial charge in [-0.2, -0.15) is 0 Å². The monoisotopic (exact) mass is 418 g/mol. The molecule has 31 heavy (non-hydrogen) atoms. The quantitative estimate of drug-likeness (QED) is 0.783. The Morgan fingerprint density at radius 1 is 1.13 bits per heavy atom. The van der Waals surface area contributed by atoms with Crippen LogP contribution in [0.25, 0.3) is 0 Å². The molecule has 1 aliphatic carbocycles. The summed E-state index contributed by atoms with van der Waals surface area (Å²) in [5.41, 5.74) is 2.71. The average molecular weight is 419 g/mol. The molecule has 3 heterocycles. The number of aryl methyl sites for hydroxylation is 1. The van der Waals surface area contributed by atoms with Crippen molar-refractivity contribution in [3.63, 3.8) is 0 Å². The molecule has 1 spiro atoms. The van der Waals surface area contributed by atoms with Crippen LogP contribution in [-0.2, 0) is 11.3 Å². The lowest BCUT2D eigenvalue weighted by Crippen LogP contribution is -2.64. The van der Waals surface area contributed by atoms with Crippen molar-refractivity contribution >= 4 is 11.8 Å². The second-order valence-electron chi connectivity index (χ2n) is 9.67. The van der Waals surface area contributed by atoms with Crippen molar-refractivity contribution in [2.75, 3.05) is 32.7 Å². The molecule has 1 saturated carbocycles. The second-order valence-corrected chi connectivity index (χ2v) is 9.67. The minimum Gasteiger partial charge on any atom is -0.356 e. The molecule has 0 radical (unpaired) electrons. The molecule has 2 amide bonds. The van der Waals surface area contributed by atoms with E-state index >= 15 is 0 Å². The number of hydrogen-bond acceptors (Lipinski definition) is 4. The number of benzene rings is 1. The van der Waals surface area contributed by atoms with Crippen molar-refractivity contribution < 1.29 is 9.59 Å². The summed E-state index contributed by atoms with van der Waals surface area (Å²) in [6, 6.07) is 12.3. The van der Waals surface area contributed by atoms with E-state index in [-0.39, 0.29) is 23.1 Å². The summed E-state index contributed by atoms with van der Waals surface area (Å²) in [5.74, 6) is 0.761. The molecular formula is C25H30N4O2. The Morgan fingerprint density at radius 2 is 1.90 bits per heavy atom. The molecule has 1 unspecified atom stereocenters. The number of amides is 2. The van der Waals surface area contributed by atoms with Crippen LogP contribution in [0.2, 0.25) is 0 Å². The van der Waals surface area contributed by atoms with E-state index in [0.717, 1.165) is 31.7 Å². The predicted octanol–water partition coefficient (Wildman–Crippen LogP) is 2.49. The zero-order valence-electron chi connectivity index (χ0n) is 18.1. The minimum atomic E-state index is -0.157. The summed E-state index contributed by atoms with van der Waals surface area (Å²) in [7, 11) is 0. The highest BCUT2D eigenvalue weighted by Gasteiger charge is 2.57. The van der Waals surface area contributed by atoms with E-state index in [4.69, 9.17) is 0 Å². The molecule has 3 aliphatic rings. The molecular weight excluding hydrogens is 388 g/mol. The van der Waals surface area contributed by atoms with Gasteiger partial charge in [0.1, 0.15) is 0 Å². The van der Waals surface area contributed by atoms with E-state index in [1.54, 1.807) is 12.4 Å². The smallest absolute Gasteiger partial charge is 0.255 e. The van der Waals surface area contributed by atoms with Crippen molar-refractivity contribution in [3.8, 4) is 0 Å². The first-order valence-corrected chi connectivity index (χ1v) is 11.3. The number of carbonyl (C=O) groups is 2. The Hall–Kier alpha value is -2.73. The highest BCUT2D eigenvalue weighted by molar-refractivity contribution is 5.95. The van der Waals surface area contributed by atoms with Crippen LogP contribution in [0.5, 0.6) is 0 Å². The van der Waals surface area contributed by atoms with Crippen LogP contribution in [0.3, 0.4) is 0 Å². The summed E-state index contributed by atoms with van der Waals surface area (Å²) in [5, 5.41) is 3.20. The third-order valence-electron chi connectivity index (χ3n) is 6.97. The van der Waals surface area contributed by atoms with Crippen LogP contribution in [0.15, 0.2) is 48.8 Å². The summed E-state index contributed by atoms with van der Waals surface area (Å²) in [4.78, 5) is 34.5. The van der Waals surface area contributed by atoms with Gasteiger partial charge in [0, 0.05) is 57.1 Å². The predicted molar refractivity (Wildman–Crippen MR) is 118 cm³/mol. The minimum absolute atomic E-state index is 0.0143. The van der Waals surface area contributed by atoms with Gasteiger partial charge in [0.25, 0.3) is 5.91 Å². The van der Waals surface area contributed by atoms with Gasteiger partial charge in [-0.1, -0.05) is 30.3 Å². The lowest BCUT2D eigenvalue weighted by Gasteiger charge is -2.50. The Bertz CT molecular complexity index is 966. The van der Waals surface area contributed by atoms with Crippen molar-refractivity contribution in [1.29, 1.82) is 0 Å². The molecule has 6 heteroatoms. The molecule has 1 aromatic heterocycles. The van der Waals surface area contributed by atoms with Crippen LogP contribution >= 0.6 is 0 Å². The van der Waals surface area contributed by atoms with Crippen LogP contribution in [0.1, 0.15) is 34.3 Å². The van der Waals surface area contributed by atoms with Gasteiger partial charge >= 0.3 is 0 Å². The number of nitrogens with zero attached hydrogens (tertiary/aromatic N) is 3. The molecule has 2 saturated heterocycles. The molecule has 162 valence electrons. The van der Waals surface area contributed by atoms with Crippen LogP contribution in [0.4, 0.5) is 0 Å². The topological polar surface area (TPSA) is 65.5 Å². The summed E-state index contributed by atoms with van der Waals surface area (Å²) >= 11 is 0. The van der Waals surface area contributed by atoms with E-state index in [2.05, 4.69) is 39.5 Å². The lowest BCUT2D eigenvalue weighted by molar-refractivity contribution is -0.131.